The smallest absolute Gasteiger partial charge is 0.411 e. The number of aromatic nitrogens is 2. The van der Waals surface area contributed by atoms with E-state index in [1.807, 2.05) is 0 Å². The van der Waals surface area contributed by atoms with Gasteiger partial charge in [-0.05, 0) is 37.5 Å². The third kappa shape index (κ3) is 5.89. The third-order valence-corrected chi connectivity index (χ3v) is 6.45. The van der Waals surface area contributed by atoms with E-state index in [4.69, 9.17) is 0 Å². The zero-order valence-corrected chi connectivity index (χ0v) is 19.9. The number of anilines is 2. The molecule has 11 heteroatoms. The van der Waals surface area contributed by atoms with E-state index in [-0.39, 0.29) is 29.6 Å². The van der Waals surface area contributed by atoms with Crippen molar-refractivity contribution in [3.8, 4) is 11.3 Å². The van der Waals surface area contributed by atoms with Crippen molar-refractivity contribution in [3.63, 3.8) is 0 Å². The number of benzene rings is 1. The van der Waals surface area contributed by atoms with Crippen LogP contribution in [0.5, 0.6) is 0 Å². The number of methoxy groups -OCH3 is 1. The standard InChI is InChI=1S/C25H29F2N5O4/c1-36-24(35)29-16-10-11-17-19(13-16)32-23(34)25(26,27)12-6-5-9-18(21-28-14-20(17)30-21)31-22(33)15-7-3-2-4-8-15/h5-6,10-11,13-15,18H,2-4,7-9,12H2,1H3,(H,28,30)(H,29,35)(H,31,33)(H,32,34)/b6-5+/t18-/m0/s1. The first-order valence-electron chi connectivity index (χ1n) is 12.0. The summed E-state index contributed by atoms with van der Waals surface area (Å²) in [6, 6.07) is 3.91. The minimum Gasteiger partial charge on any atom is -0.453 e. The van der Waals surface area contributed by atoms with Crippen LogP contribution in [-0.2, 0) is 14.3 Å². The van der Waals surface area contributed by atoms with Crippen molar-refractivity contribution >= 4 is 29.3 Å². The molecule has 1 aliphatic carbocycles. The quantitative estimate of drug-likeness (QED) is 0.445. The van der Waals surface area contributed by atoms with Crippen LogP contribution in [0.3, 0.4) is 0 Å². The number of imidazole rings is 1. The van der Waals surface area contributed by atoms with E-state index in [0.717, 1.165) is 32.1 Å². The number of carbonyl (C=O) groups excluding carboxylic acids is 3. The van der Waals surface area contributed by atoms with Crippen LogP contribution in [-0.4, -0.2) is 40.9 Å². The second-order valence-electron chi connectivity index (χ2n) is 9.02. The van der Waals surface area contributed by atoms with Gasteiger partial charge in [-0.25, -0.2) is 9.78 Å². The molecule has 1 aliphatic heterocycles. The Kier molecular flexibility index (Phi) is 7.66. The van der Waals surface area contributed by atoms with Gasteiger partial charge in [-0.3, -0.25) is 14.9 Å². The number of nitrogens with zero attached hydrogens (tertiary/aromatic N) is 1. The van der Waals surface area contributed by atoms with Crippen LogP contribution >= 0.6 is 0 Å². The first-order valence-corrected chi connectivity index (χ1v) is 12.0. The molecule has 1 aromatic carbocycles. The monoisotopic (exact) mass is 501 g/mol. The lowest BCUT2D eigenvalue weighted by Gasteiger charge is -2.23. The first-order chi connectivity index (χ1) is 17.3. The van der Waals surface area contributed by atoms with Crippen LogP contribution < -0.4 is 16.0 Å². The Balaban J connectivity index is 1.69. The zero-order valence-electron chi connectivity index (χ0n) is 19.9. The Bertz CT molecular complexity index is 1160. The van der Waals surface area contributed by atoms with Gasteiger partial charge in [0.05, 0.1) is 30.7 Å². The van der Waals surface area contributed by atoms with Gasteiger partial charge in [0.1, 0.15) is 5.82 Å². The van der Waals surface area contributed by atoms with Crippen LogP contribution in [0.15, 0.2) is 36.5 Å². The molecular weight excluding hydrogens is 472 g/mol. The van der Waals surface area contributed by atoms with E-state index in [0.29, 0.717) is 17.1 Å². The summed E-state index contributed by atoms with van der Waals surface area (Å²) in [5.74, 6) is -4.83. The van der Waals surface area contributed by atoms with Crippen molar-refractivity contribution in [1.29, 1.82) is 0 Å². The Morgan fingerprint density at radius 3 is 2.69 bits per heavy atom. The number of nitrogens with one attached hydrogen (secondary N) is 4. The zero-order chi connectivity index (χ0) is 25.7. The normalized spacial score (nSPS) is 21.0. The van der Waals surface area contributed by atoms with Crippen LogP contribution in [0.4, 0.5) is 25.0 Å². The summed E-state index contributed by atoms with van der Waals surface area (Å²) in [5, 5.41) is 7.75. The first kappa shape index (κ1) is 25.3. The predicted octanol–water partition coefficient (Wildman–Crippen LogP) is 4.92. The van der Waals surface area contributed by atoms with Gasteiger partial charge >= 0.3 is 12.0 Å². The van der Waals surface area contributed by atoms with E-state index in [9.17, 15) is 23.2 Å². The second kappa shape index (κ2) is 10.9. The van der Waals surface area contributed by atoms with Crippen molar-refractivity contribution in [2.75, 3.05) is 17.7 Å². The maximum atomic E-state index is 14.6. The maximum Gasteiger partial charge on any atom is 0.411 e. The summed E-state index contributed by atoms with van der Waals surface area (Å²) in [7, 11) is 1.19. The van der Waals surface area contributed by atoms with Crippen LogP contribution in [0, 0.1) is 5.92 Å². The highest BCUT2D eigenvalue weighted by Gasteiger charge is 2.38. The minimum absolute atomic E-state index is 0.0507. The summed E-state index contributed by atoms with van der Waals surface area (Å²) in [6.45, 7) is 0. The molecular formula is C25H29F2N5O4. The van der Waals surface area contributed by atoms with Crippen molar-refractivity contribution in [3.05, 3.63) is 42.4 Å². The van der Waals surface area contributed by atoms with Gasteiger partial charge in [-0.15, -0.1) is 0 Å². The molecule has 192 valence electrons. The van der Waals surface area contributed by atoms with E-state index in [2.05, 4.69) is 30.7 Å². The number of hydrogen-bond donors (Lipinski definition) is 4. The number of aromatic amines is 1. The molecule has 0 unspecified atom stereocenters. The van der Waals surface area contributed by atoms with E-state index in [1.165, 1.54) is 31.5 Å². The molecule has 2 aliphatic rings. The fourth-order valence-corrected chi connectivity index (χ4v) is 4.44. The second-order valence-corrected chi connectivity index (χ2v) is 9.02. The Labute approximate surface area is 207 Å². The summed E-state index contributed by atoms with van der Waals surface area (Å²) in [5.41, 5.74) is 1.13. The Morgan fingerprint density at radius 1 is 1.17 bits per heavy atom. The largest absolute Gasteiger partial charge is 0.453 e. The van der Waals surface area contributed by atoms with Crippen LogP contribution in [0.2, 0.25) is 0 Å². The molecule has 1 saturated carbocycles. The number of alkyl halides is 2. The molecule has 1 atom stereocenters. The van der Waals surface area contributed by atoms with Crippen molar-refractivity contribution in [1.82, 2.24) is 15.3 Å². The van der Waals surface area contributed by atoms with Gasteiger partial charge in [-0.2, -0.15) is 8.78 Å². The van der Waals surface area contributed by atoms with Gasteiger partial charge in [0, 0.05) is 23.6 Å². The number of carbonyl (C=O) groups is 3. The number of allylic oxidation sites excluding steroid dienone is 1. The van der Waals surface area contributed by atoms with Crippen molar-refractivity contribution < 1.29 is 27.9 Å². The van der Waals surface area contributed by atoms with Crippen LogP contribution in [0.1, 0.15) is 56.8 Å². The van der Waals surface area contributed by atoms with E-state index >= 15 is 0 Å². The number of ether oxygens (including phenoxy) is 1. The van der Waals surface area contributed by atoms with Gasteiger partial charge < -0.3 is 20.4 Å². The molecule has 36 heavy (non-hydrogen) atoms. The molecule has 1 aromatic heterocycles. The highest BCUT2D eigenvalue weighted by molar-refractivity contribution is 6.00. The average Bonchev–Trinajstić information content (AvgIpc) is 3.36. The molecule has 2 bridgehead atoms. The molecule has 0 saturated heterocycles. The maximum absolute atomic E-state index is 14.6. The number of fused-ring (bicyclic) bond motifs is 4. The topological polar surface area (TPSA) is 125 Å². The molecule has 2 heterocycles. The predicted molar refractivity (Wildman–Crippen MR) is 129 cm³/mol. The number of rotatable bonds is 3. The summed E-state index contributed by atoms with van der Waals surface area (Å²) in [6.07, 6.45) is 7.74. The fourth-order valence-electron chi connectivity index (χ4n) is 4.44. The Morgan fingerprint density at radius 2 is 1.94 bits per heavy atom. The molecule has 4 N–H and O–H groups in total. The Hall–Kier alpha value is -3.76. The van der Waals surface area contributed by atoms with Crippen molar-refractivity contribution in [2.45, 2.75) is 56.9 Å². The molecule has 4 rings (SSSR count). The van der Waals surface area contributed by atoms with E-state index < -0.39 is 30.4 Å². The lowest BCUT2D eigenvalue weighted by Crippen LogP contribution is -2.35. The molecule has 0 spiro atoms. The van der Waals surface area contributed by atoms with E-state index in [1.54, 1.807) is 12.1 Å². The fraction of sp³-hybridized carbons (Fsp3) is 0.440. The lowest BCUT2D eigenvalue weighted by molar-refractivity contribution is -0.139. The SMILES string of the molecule is COC(=O)Nc1ccc2c(c1)NC(=O)C(F)(F)C/C=C/C[C@H](NC(=O)C1CCCCC1)c1ncc-2[nH]1. The molecule has 0 radical (unpaired) electrons. The summed E-state index contributed by atoms with van der Waals surface area (Å²) < 4.78 is 33.8. The summed E-state index contributed by atoms with van der Waals surface area (Å²) in [4.78, 5) is 44.6. The third-order valence-electron chi connectivity index (χ3n) is 6.45. The highest BCUT2D eigenvalue weighted by Crippen LogP contribution is 2.33. The van der Waals surface area contributed by atoms with Crippen molar-refractivity contribution in [2.24, 2.45) is 5.92 Å². The van der Waals surface area contributed by atoms with Gasteiger partial charge in [0.2, 0.25) is 5.91 Å². The lowest BCUT2D eigenvalue weighted by atomic mass is 9.88. The average molecular weight is 502 g/mol. The molecule has 9 nitrogen and oxygen atoms in total. The molecule has 2 aromatic rings. The van der Waals surface area contributed by atoms with Gasteiger partial charge in [0.15, 0.2) is 0 Å². The molecule has 1 fully saturated rings. The minimum atomic E-state index is -3.67. The number of hydrogen-bond acceptors (Lipinski definition) is 5. The van der Waals surface area contributed by atoms with Crippen LogP contribution in [0.25, 0.3) is 11.3 Å². The number of amides is 3. The van der Waals surface area contributed by atoms with Gasteiger partial charge in [-0.1, -0.05) is 31.4 Å². The highest BCUT2D eigenvalue weighted by atomic mass is 19.3. The summed E-state index contributed by atoms with van der Waals surface area (Å²) >= 11 is 0. The number of H-pyrrole nitrogens is 1. The van der Waals surface area contributed by atoms with Gasteiger partial charge in [0.25, 0.3) is 5.91 Å². The number of halogens is 2. The molecule has 3 amide bonds.